The minimum Gasteiger partial charge on any atom is -0.304 e. The molecule has 3 heterocycles. The number of halogens is 4. The number of aromatic nitrogens is 5. The van der Waals surface area contributed by atoms with Gasteiger partial charge in [-0.05, 0) is 19.1 Å². The number of carbonyl (C=O) groups is 1. The van der Waals surface area contributed by atoms with Crippen molar-refractivity contribution in [3.05, 3.63) is 53.3 Å². The number of pyridine rings is 1. The number of carbonyl (C=O) groups excluding carboxylic acids is 1. The summed E-state index contributed by atoms with van der Waals surface area (Å²) in [6, 6.07) is 3.42. The number of alkyl halides is 3. The number of rotatable bonds is 4. The van der Waals surface area contributed by atoms with Gasteiger partial charge in [0.15, 0.2) is 10.8 Å². The third kappa shape index (κ3) is 3.65. The molecule has 0 aliphatic carbocycles. The Morgan fingerprint density at radius 3 is 2.63 bits per heavy atom. The summed E-state index contributed by atoms with van der Waals surface area (Å²) >= 11 is 6.15. The molecule has 0 aliphatic heterocycles. The maximum Gasteiger partial charge on any atom is 0.435 e. The molecule has 0 aromatic carbocycles. The van der Waals surface area contributed by atoms with Crippen LogP contribution in [0.25, 0.3) is 5.69 Å². The molecule has 0 atom stereocenters. The highest BCUT2D eigenvalue weighted by Crippen LogP contribution is 2.33. The summed E-state index contributed by atoms with van der Waals surface area (Å²) in [4.78, 5) is 17.9. The molecule has 0 bridgehead atoms. The van der Waals surface area contributed by atoms with Crippen molar-refractivity contribution in [2.45, 2.75) is 13.1 Å². The van der Waals surface area contributed by atoms with E-state index < -0.39 is 23.3 Å². The van der Waals surface area contributed by atoms with E-state index in [1.807, 2.05) is 0 Å². The predicted molar refractivity (Wildman–Crippen MR) is 91.9 cm³/mol. The Labute approximate surface area is 157 Å². The van der Waals surface area contributed by atoms with Gasteiger partial charge in [0.05, 0.1) is 23.6 Å². The van der Waals surface area contributed by atoms with Crippen molar-refractivity contribution in [2.24, 2.45) is 7.05 Å². The Morgan fingerprint density at radius 1 is 1.30 bits per heavy atom. The Kier molecular flexibility index (Phi) is 4.92. The molecule has 0 saturated carbocycles. The second kappa shape index (κ2) is 7.03. The zero-order valence-electron chi connectivity index (χ0n) is 14.3. The van der Waals surface area contributed by atoms with Crippen molar-refractivity contribution in [1.82, 2.24) is 24.5 Å². The molecule has 0 fully saturated rings. The number of hydrogen-bond donors (Lipinski definition) is 0. The van der Waals surface area contributed by atoms with E-state index in [1.54, 1.807) is 25.3 Å². The molecule has 0 N–H and O–H groups in total. The molecular weight excluding hydrogens is 385 g/mol. The van der Waals surface area contributed by atoms with Crippen molar-refractivity contribution >= 4 is 23.2 Å². The molecule has 0 aliphatic rings. The quantitative estimate of drug-likeness (QED) is 0.676. The molecule has 1 amide bonds. The average Bonchev–Trinajstić information content (AvgIpc) is 3.20. The zero-order valence-corrected chi connectivity index (χ0v) is 15.0. The number of amides is 1. The summed E-state index contributed by atoms with van der Waals surface area (Å²) in [6.07, 6.45) is 0.861. The van der Waals surface area contributed by atoms with Crippen LogP contribution in [0.15, 0.2) is 36.9 Å². The first-order valence-electron chi connectivity index (χ1n) is 7.80. The molecule has 0 unspecified atom stereocenters. The largest absolute Gasteiger partial charge is 0.435 e. The van der Waals surface area contributed by atoms with Gasteiger partial charge < -0.3 is 4.90 Å². The minimum absolute atomic E-state index is 0.0218. The lowest BCUT2D eigenvalue weighted by molar-refractivity contribution is -0.141. The normalized spacial score (nSPS) is 11.6. The van der Waals surface area contributed by atoms with Crippen molar-refractivity contribution in [3.8, 4) is 5.69 Å². The van der Waals surface area contributed by atoms with Gasteiger partial charge in [-0.3, -0.25) is 14.5 Å². The van der Waals surface area contributed by atoms with Crippen molar-refractivity contribution < 1.29 is 18.0 Å². The lowest BCUT2D eigenvalue weighted by Crippen LogP contribution is -2.32. The Balaban J connectivity index is 2.02. The van der Waals surface area contributed by atoms with Crippen LogP contribution in [-0.4, -0.2) is 37.0 Å². The smallest absolute Gasteiger partial charge is 0.304 e. The first-order valence-corrected chi connectivity index (χ1v) is 8.18. The zero-order chi connectivity index (χ0) is 19.8. The fourth-order valence-electron chi connectivity index (χ4n) is 2.57. The first-order chi connectivity index (χ1) is 12.7. The molecule has 27 heavy (non-hydrogen) atoms. The monoisotopic (exact) mass is 398 g/mol. The average molecular weight is 399 g/mol. The maximum atomic E-state index is 13.2. The summed E-state index contributed by atoms with van der Waals surface area (Å²) < 4.78 is 41.9. The molecule has 0 radical (unpaired) electrons. The standard InChI is InChI=1S/C16H14ClF3N6O/c1-3-25(15(27)11-8-24(2)22-13(11)16(18,19)20)12-9-26(23-14(12)17)10-5-4-6-21-7-10/h4-9H,3H2,1-2H3. The van der Waals surface area contributed by atoms with Gasteiger partial charge in [-0.15, -0.1) is 0 Å². The van der Waals surface area contributed by atoms with Crippen molar-refractivity contribution in [1.29, 1.82) is 0 Å². The molecule has 3 aromatic rings. The SMILES string of the molecule is CCN(C(=O)c1cn(C)nc1C(F)(F)F)c1cn(-c2cccnc2)nc1Cl. The van der Waals surface area contributed by atoms with E-state index in [1.165, 1.54) is 24.1 Å². The Morgan fingerprint density at radius 2 is 2.04 bits per heavy atom. The maximum absolute atomic E-state index is 13.2. The second-order valence-corrected chi connectivity index (χ2v) is 5.93. The van der Waals surface area contributed by atoms with E-state index in [0.717, 1.165) is 15.8 Å². The van der Waals surface area contributed by atoms with Crippen LogP contribution in [0.3, 0.4) is 0 Å². The van der Waals surface area contributed by atoms with E-state index in [2.05, 4.69) is 15.2 Å². The summed E-state index contributed by atoms with van der Waals surface area (Å²) in [7, 11) is 1.32. The van der Waals surface area contributed by atoms with Crippen LogP contribution in [0, 0.1) is 0 Å². The van der Waals surface area contributed by atoms with Gasteiger partial charge >= 0.3 is 6.18 Å². The highest BCUT2D eigenvalue weighted by molar-refractivity contribution is 6.32. The van der Waals surface area contributed by atoms with Crippen LogP contribution >= 0.6 is 11.6 Å². The van der Waals surface area contributed by atoms with E-state index in [0.29, 0.717) is 5.69 Å². The highest BCUT2D eigenvalue weighted by atomic mass is 35.5. The van der Waals surface area contributed by atoms with Gasteiger partial charge in [0.25, 0.3) is 5.91 Å². The number of nitrogens with zero attached hydrogens (tertiary/aromatic N) is 6. The number of anilines is 1. The van der Waals surface area contributed by atoms with Gasteiger partial charge in [0, 0.05) is 26.0 Å². The second-order valence-electron chi connectivity index (χ2n) is 5.57. The highest BCUT2D eigenvalue weighted by Gasteiger charge is 2.40. The van der Waals surface area contributed by atoms with Gasteiger partial charge in [0.1, 0.15) is 5.69 Å². The van der Waals surface area contributed by atoms with E-state index in [4.69, 9.17) is 11.6 Å². The molecule has 11 heteroatoms. The molecule has 142 valence electrons. The van der Waals surface area contributed by atoms with Crippen molar-refractivity contribution in [3.63, 3.8) is 0 Å². The fourth-order valence-corrected chi connectivity index (χ4v) is 2.80. The third-order valence-corrected chi connectivity index (χ3v) is 4.01. The van der Waals surface area contributed by atoms with Gasteiger partial charge in [-0.2, -0.15) is 23.4 Å². The van der Waals surface area contributed by atoms with E-state index in [9.17, 15) is 18.0 Å². The topological polar surface area (TPSA) is 68.8 Å². The number of aryl methyl sites for hydroxylation is 1. The minimum atomic E-state index is -4.75. The third-order valence-electron chi connectivity index (χ3n) is 3.74. The molecule has 0 spiro atoms. The molecular formula is C16H14ClF3N6O. The molecule has 0 saturated heterocycles. The van der Waals surface area contributed by atoms with Crippen LogP contribution < -0.4 is 4.90 Å². The van der Waals surface area contributed by atoms with Crippen LogP contribution in [0.4, 0.5) is 18.9 Å². The number of hydrogen-bond acceptors (Lipinski definition) is 4. The molecule has 7 nitrogen and oxygen atoms in total. The first kappa shape index (κ1) is 18.9. The Bertz CT molecular complexity index is 966. The predicted octanol–water partition coefficient (Wildman–Crippen LogP) is 3.34. The fraction of sp³-hybridized carbons (Fsp3) is 0.250. The van der Waals surface area contributed by atoms with Crippen LogP contribution in [0.1, 0.15) is 23.0 Å². The molecule has 3 aromatic heterocycles. The van der Waals surface area contributed by atoms with E-state index in [-0.39, 0.29) is 17.4 Å². The van der Waals surface area contributed by atoms with Gasteiger partial charge in [-0.25, -0.2) is 4.68 Å². The lowest BCUT2D eigenvalue weighted by Gasteiger charge is -2.19. The van der Waals surface area contributed by atoms with Crippen molar-refractivity contribution in [2.75, 3.05) is 11.4 Å². The van der Waals surface area contributed by atoms with Crippen LogP contribution in [0.5, 0.6) is 0 Å². The summed E-state index contributed by atoms with van der Waals surface area (Å²) in [5, 5.41) is 7.46. The molecule has 3 rings (SSSR count). The van der Waals surface area contributed by atoms with Crippen LogP contribution in [-0.2, 0) is 13.2 Å². The lowest BCUT2D eigenvalue weighted by atomic mass is 10.2. The summed E-state index contributed by atoms with van der Waals surface area (Å²) in [5.41, 5.74) is -1.03. The van der Waals surface area contributed by atoms with Gasteiger partial charge in [0.2, 0.25) is 0 Å². The van der Waals surface area contributed by atoms with Gasteiger partial charge in [-0.1, -0.05) is 11.6 Å². The summed E-state index contributed by atoms with van der Waals surface area (Å²) in [6.45, 7) is 1.71. The van der Waals surface area contributed by atoms with Crippen LogP contribution in [0.2, 0.25) is 5.15 Å². The van der Waals surface area contributed by atoms with E-state index >= 15 is 0 Å². The summed E-state index contributed by atoms with van der Waals surface area (Å²) in [5.74, 6) is -0.870. The Hall–Kier alpha value is -2.88.